The lowest BCUT2D eigenvalue weighted by Gasteiger charge is -2.21. The van der Waals surface area contributed by atoms with Gasteiger partial charge in [0.2, 0.25) is 5.91 Å². The van der Waals surface area contributed by atoms with Crippen molar-refractivity contribution in [2.24, 2.45) is 0 Å². The second-order valence-corrected chi connectivity index (χ2v) is 7.37. The van der Waals surface area contributed by atoms with E-state index in [1.807, 2.05) is 23.2 Å². The summed E-state index contributed by atoms with van der Waals surface area (Å²) in [5.41, 5.74) is 2.14. The molecular formula is C20H26N4O2. The van der Waals surface area contributed by atoms with Crippen molar-refractivity contribution in [2.45, 2.75) is 44.6 Å². The van der Waals surface area contributed by atoms with Crippen LogP contribution in [-0.2, 0) is 17.8 Å². The molecule has 1 amide bonds. The smallest absolute Gasteiger partial charge is 0.222 e. The SMILES string of the molecule is O=C(CCc1cccnc1)N1CCCN(Cc2cc(C3CC3)on2)CC1. The van der Waals surface area contributed by atoms with Crippen LogP contribution in [0.1, 0.15) is 48.6 Å². The summed E-state index contributed by atoms with van der Waals surface area (Å²) in [5, 5.41) is 4.22. The largest absolute Gasteiger partial charge is 0.361 e. The van der Waals surface area contributed by atoms with E-state index in [4.69, 9.17) is 4.52 Å². The topological polar surface area (TPSA) is 62.5 Å². The summed E-state index contributed by atoms with van der Waals surface area (Å²) < 4.78 is 5.45. The molecule has 0 atom stereocenters. The molecule has 2 fully saturated rings. The Hall–Kier alpha value is -2.21. The molecule has 4 rings (SSSR count). The molecule has 1 aliphatic heterocycles. The predicted molar refractivity (Wildman–Crippen MR) is 97.5 cm³/mol. The Kier molecular flexibility index (Phi) is 5.29. The van der Waals surface area contributed by atoms with E-state index in [0.717, 1.165) is 62.6 Å². The molecule has 2 aromatic rings. The van der Waals surface area contributed by atoms with Crippen LogP contribution >= 0.6 is 0 Å². The third kappa shape index (κ3) is 4.49. The number of amides is 1. The lowest BCUT2D eigenvalue weighted by atomic mass is 10.1. The van der Waals surface area contributed by atoms with Crippen LogP contribution in [0.15, 0.2) is 35.1 Å². The van der Waals surface area contributed by atoms with Crippen LogP contribution in [0.5, 0.6) is 0 Å². The molecule has 1 saturated carbocycles. The second-order valence-electron chi connectivity index (χ2n) is 7.37. The molecular weight excluding hydrogens is 328 g/mol. The number of carbonyl (C=O) groups is 1. The van der Waals surface area contributed by atoms with E-state index >= 15 is 0 Å². The molecule has 1 aliphatic carbocycles. The Morgan fingerprint density at radius 2 is 2.15 bits per heavy atom. The van der Waals surface area contributed by atoms with Crippen molar-refractivity contribution in [3.63, 3.8) is 0 Å². The lowest BCUT2D eigenvalue weighted by molar-refractivity contribution is -0.131. The van der Waals surface area contributed by atoms with Gasteiger partial charge < -0.3 is 9.42 Å². The number of aromatic nitrogens is 2. The van der Waals surface area contributed by atoms with E-state index in [1.54, 1.807) is 6.20 Å². The molecule has 26 heavy (non-hydrogen) atoms. The quantitative estimate of drug-likeness (QED) is 0.798. The molecule has 2 aromatic heterocycles. The molecule has 3 heterocycles. The van der Waals surface area contributed by atoms with Gasteiger partial charge >= 0.3 is 0 Å². The summed E-state index contributed by atoms with van der Waals surface area (Å²) >= 11 is 0. The van der Waals surface area contributed by atoms with Crippen molar-refractivity contribution in [2.75, 3.05) is 26.2 Å². The van der Waals surface area contributed by atoms with Crippen LogP contribution in [0, 0.1) is 0 Å². The minimum atomic E-state index is 0.244. The maximum atomic E-state index is 12.5. The van der Waals surface area contributed by atoms with E-state index in [-0.39, 0.29) is 5.91 Å². The van der Waals surface area contributed by atoms with Gasteiger partial charge in [-0.25, -0.2) is 0 Å². The summed E-state index contributed by atoms with van der Waals surface area (Å²) in [4.78, 5) is 21.0. The van der Waals surface area contributed by atoms with Crippen LogP contribution in [-0.4, -0.2) is 52.0 Å². The van der Waals surface area contributed by atoms with Crippen LogP contribution < -0.4 is 0 Å². The Morgan fingerprint density at radius 1 is 1.23 bits per heavy atom. The van der Waals surface area contributed by atoms with E-state index < -0.39 is 0 Å². The van der Waals surface area contributed by atoms with Crippen molar-refractivity contribution in [1.29, 1.82) is 0 Å². The first kappa shape index (κ1) is 17.2. The van der Waals surface area contributed by atoms with E-state index in [1.165, 1.54) is 12.8 Å². The third-order valence-electron chi connectivity index (χ3n) is 5.23. The molecule has 0 N–H and O–H groups in total. The first-order valence-corrected chi connectivity index (χ1v) is 9.62. The summed E-state index contributed by atoms with van der Waals surface area (Å²) in [6.45, 7) is 4.34. The standard InChI is InChI=1S/C20H26N4O2/c25-20(7-4-16-3-1-8-21-14-16)24-10-2-9-23(11-12-24)15-18-13-19(26-22-18)17-5-6-17/h1,3,8,13-14,17H,2,4-7,9-12,15H2. The number of carbonyl (C=O) groups excluding carboxylic acids is 1. The van der Waals surface area contributed by atoms with Gasteiger partial charge in [-0.3, -0.25) is 14.7 Å². The van der Waals surface area contributed by atoms with E-state index in [9.17, 15) is 4.79 Å². The number of hydrogen-bond acceptors (Lipinski definition) is 5. The van der Waals surface area contributed by atoms with Crippen LogP contribution in [0.4, 0.5) is 0 Å². The zero-order chi connectivity index (χ0) is 17.8. The molecule has 0 unspecified atom stereocenters. The average Bonchev–Trinajstić information content (AvgIpc) is 3.45. The van der Waals surface area contributed by atoms with Gasteiger partial charge in [0, 0.05) is 63.5 Å². The Bertz CT molecular complexity index is 726. The molecule has 6 nitrogen and oxygen atoms in total. The number of hydrogen-bond donors (Lipinski definition) is 0. The summed E-state index contributed by atoms with van der Waals surface area (Å²) in [5.74, 6) is 1.89. The van der Waals surface area contributed by atoms with Crippen LogP contribution in [0.25, 0.3) is 0 Å². The number of nitrogens with zero attached hydrogens (tertiary/aromatic N) is 4. The molecule has 0 bridgehead atoms. The first-order chi connectivity index (χ1) is 12.8. The van der Waals surface area contributed by atoms with Gasteiger partial charge in [-0.1, -0.05) is 11.2 Å². The van der Waals surface area contributed by atoms with Gasteiger partial charge in [-0.05, 0) is 37.3 Å². The Balaban J connectivity index is 1.25. The van der Waals surface area contributed by atoms with Crippen molar-refractivity contribution in [3.05, 3.63) is 47.6 Å². The fourth-order valence-corrected chi connectivity index (χ4v) is 3.53. The average molecular weight is 354 g/mol. The first-order valence-electron chi connectivity index (χ1n) is 9.62. The normalized spacial score (nSPS) is 18.7. The van der Waals surface area contributed by atoms with Crippen LogP contribution in [0.2, 0.25) is 0 Å². The summed E-state index contributed by atoms with van der Waals surface area (Å²) in [6, 6.07) is 6.06. The van der Waals surface area contributed by atoms with Gasteiger partial charge in [0.25, 0.3) is 0 Å². The highest BCUT2D eigenvalue weighted by Crippen LogP contribution is 2.40. The highest BCUT2D eigenvalue weighted by Gasteiger charge is 2.28. The maximum absolute atomic E-state index is 12.5. The van der Waals surface area contributed by atoms with Gasteiger partial charge in [0.15, 0.2) is 0 Å². The van der Waals surface area contributed by atoms with E-state index in [0.29, 0.717) is 12.3 Å². The molecule has 0 aromatic carbocycles. The second kappa shape index (κ2) is 7.99. The molecule has 2 aliphatic rings. The van der Waals surface area contributed by atoms with Crippen molar-refractivity contribution in [1.82, 2.24) is 19.9 Å². The molecule has 1 saturated heterocycles. The fourth-order valence-electron chi connectivity index (χ4n) is 3.53. The summed E-state index contributed by atoms with van der Waals surface area (Å²) in [6.07, 6.45) is 8.38. The predicted octanol–water partition coefficient (Wildman–Crippen LogP) is 2.61. The molecule has 6 heteroatoms. The van der Waals surface area contributed by atoms with Gasteiger partial charge in [0.1, 0.15) is 5.76 Å². The highest BCUT2D eigenvalue weighted by atomic mass is 16.5. The maximum Gasteiger partial charge on any atom is 0.222 e. The lowest BCUT2D eigenvalue weighted by Crippen LogP contribution is -2.35. The van der Waals surface area contributed by atoms with Crippen molar-refractivity contribution >= 4 is 5.91 Å². The monoisotopic (exact) mass is 354 g/mol. The molecule has 138 valence electrons. The Labute approximate surface area is 154 Å². The van der Waals surface area contributed by atoms with Gasteiger partial charge in [-0.2, -0.15) is 0 Å². The third-order valence-corrected chi connectivity index (χ3v) is 5.23. The minimum absolute atomic E-state index is 0.244. The van der Waals surface area contributed by atoms with Gasteiger partial charge in [-0.15, -0.1) is 0 Å². The Morgan fingerprint density at radius 3 is 2.96 bits per heavy atom. The van der Waals surface area contributed by atoms with Crippen molar-refractivity contribution in [3.8, 4) is 0 Å². The van der Waals surface area contributed by atoms with Crippen LogP contribution in [0.3, 0.4) is 0 Å². The minimum Gasteiger partial charge on any atom is -0.361 e. The zero-order valence-corrected chi connectivity index (χ0v) is 15.1. The number of aryl methyl sites for hydroxylation is 1. The fraction of sp³-hybridized carbons (Fsp3) is 0.550. The number of rotatable bonds is 6. The number of pyridine rings is 1. The zero-order valence-electron chi connectivity index (χ0n) is 15.1. The highest BCUT2D eigenvalue weighted by molar-refractivity contribution is 5.76. The van der Waals surface area contributed by atoms with Gasteiger partial charge in [0.05, 0.1) is 5.69 Å². The molecule has 0 spiro atoms. The van der Waals surface area contributed by atoms with Crippen molar-refractivity contribution < 1.29 is 9.32 Å². The van der Waals surface area contributed by atoms with E-state index in [2.05, 4.69) is 21.1 Å². The molecule has 0 radical (unpaired) electrons. The summed E-state index contributed by atoms with van der Waals surface area (Å²) in [7, 11) is 0.